The van der Waals surface area contributed by atoms with E-state index in [2.05, 4.69) is 10.3 Å². The van der Waals surface area contributed by atoms with Crippen molar-refractivity contribution in [3.8, 4) is 11.5 Å². The van der Waals surface area contributed by atoms with Crippen molar-refractivity contribution in [2.24, 2.45) is 0 Å². The van der Waals surface area contributed by atoms with Crippen LogP contribution in [0.4, 0.5) is 5.69 Å². The van der Waals surface area contributed by atoms with Gasteiger partial charge in [0.25, 0.3) is 5.91 Å². The number of pyridine rings is 1. The largest absolute Gasteiger partial charge is 0.508 e. The molecule has 0 atom stereocenters. The predicted octanol–water partition coefficient (Wildman–Crippen LogP) is 4.79. The van der Waals surface area contributed by atoms with Crippen molar-refractivity contribution in [2.45, 2.75) is 52.4 Å². The van der Waals surface area contributed by atoms with Crippen molar-refractivity contribution in [2.75, 3.05) is 5.32 Å². The van der Waals surface area contributed by atoms with E-state index in [1.807, 2.05) is 47.6 Å². The summed E-state index contributed by atoms with van der Waals surface area (Å²) in [5.74, 6) is -0.725. The lowest BCUT2D eigenvalue weighted by Crippen LogP contribution is -2.25. The molecule has 4 N–H and O–H groups in total. The molecule has 1 heterocycles. The van der Waals surface area contributed by atoms with Crippen LogP contribution in [0.15, 0.2) is 41.3 Å². The summed E-state index contributed by atoms with van der Waals surface area (Å²) in [4.78, 5) is 28.7. The molecule has 158 valence electrons. The molecule has 1 aromatic heterocycles. The number of aromatic nitrogens is 1. The minimum atomic E-state index is -0.616. The molecule has 30 heavy (non-hydrogen) atoms. The van der Waals surface area contributed by atoms with Gasteiger partial charge in [-0.15, -0.1) is 0 Å². The molecule has 6 nitrogen and oxygen atoms in total. The van der Waals surface area contributed by atoms with Crippen molar-refractivity contribution >= 4 is 22.5 Å². The average Bonchev–Trinajstić information content (AvgIpc) is 2.59. The lowest BCUT2D eigenvalue weighted by Gasteiger charge is -2.28. The van der Waals surface area contributed by atoms with E-state index in [-0.39, 0.29) is 33.3 Å². The first-order chi connectivity index (χ1) is 13.8. The van der Waals surface area contributed by atoms with E-state index in [0.717, 1.165) is 11.1 Å². The number of phenolic OH excluding ortho intramolecular Hbond substituents is 2. The molecule has 0 saturated carbocycles. The third-order valence-corrected chi connectivity index (χ3v) is 5.13. The molecule has 0 aliphatic rings. The van der Waals surface area contributed by atoms with Gasteiger partial charge in [-0.05, 0) is 40.2 Å². The van der Waals surface area contributed by atoms with Gasteiger partial charge in [0.2, 0.25) is 5.43 Å². The van der Waals surface area contributed by atoms with Gasteiger partial charge in [-0.1, -0.05) is 47.6 Å². The number of hydrogen-bond acceptors (Lipinski definition) is 4. The second-order valence-electron chi connectivity index (χ2n) is 9.60. The summed E-state index contributed by atoms with van der Waals surface area (Å²) >= 11 is 0. The van der Waals surface area contributed by atoms with Crippen LogP contribution in [0.25, 0.3) is 10.9 Å². The number of nitrogens with one attached hydrogen (secondary N) is 2. The molecule has 0 aliphatic heterocycles. The molecule has 3 aromatic rings. The molecule has 0 spiro atoms. The quantitative estimate of drug-likeness (QED) is 0.490. The number of aromatic amines is 1. The third kappa shape index (κ3) is 3.90. The summed E-state index contributed by atoms with van der Waals surface area (Å²) < 4.78 is 0. The Morgan fingerprint density at radius 2 is 1.57 bits per heavy atom. The first kappa shape index (κ1) is 21.4. The lowest BCUT2D eigenvalue weighted by molar-refractivity contribution is 0.102. The fourth-order valence-corrected chi connectivity index (χ4v) is 3.52. The Bertz CT molecular complexity index is 1190. The summed E-state index contributed by atoms with van der Waals surface area (Å²) in [6, 6.07) is 8.11. The maximum atomic E-state index is 13.0. The SMILES string of the molecule is CC(C)(C)c1cc(C(C)(C)C)c(NC(=O)c2c[nH]c3cccc(O)c3c2=O)cc1O. The highest BCUT2D eigenvalue weighted by Gasteiger charge is 2.26. The molecule has 0 radical (unpaired) electrons. The van der Waals surface area contributed by atoms with Crippen LogP contribution in [0.2, 0.25) is 0 Å². The zero-order valence-electron chi connectivity index (χ0n) is 18.2. The van der Waals surface area contributed by atoms with E-state index >= 15 is 0 Å². The van der Waals surface area contributed by atoms with Crippen LogP contribution in [0, 0.1) is 0 Å². The van der Waals surface area contributed by atoms with Crippen LogP contribution in [0.1, 0.15) is 63.0 Å². The van der Waals surface area contributed by atoms with Gasteiger partial charge in [0.1, 0.15) is 17.1 Å². The number of amides is 1. The number of H-pyrrole nitrogens is 1. The van der Waals surface area contributed by atoms with Crippen LogP contribution in [-0.4, -0.2) is 21.1 Å². The summed E-state index contributed by atoms with van der Waals surface area (Å²) in [6.07, 6.45) is 1.33. The Labute approximate surface area is 175 Å². The second-order valence-corrected chi connectivity index (χ2v) is 9.60. The Morgan fingerprint density at radius 1 is 0.933 bits per heavy atom. The van der Waals surface area contributed by atoms with Crippen molar-refractivity contribution in [3.63, 3.8) is 0 Å². The van der Waals surface area contributed by atoms with Crippen LogP contribution in [-0.2, 0) is 10.8 Å². The van der Waals surface area contributed by atoms with Gasteiger partial charge in [-0.25, -0.2) is 0 Å². The van der Waals surface area contributed by atoms with E-state index in [1.165, 1.54) is 18.3 Å². The number of carbonyl (C=O) groups excluding carboxylic acids is 1. The number of phenols is 2. The number of benzene rings is 2. The highest BCUT2D eigenvalue weighted by molar-refractivity contribution is 6.06. The molecule has 3 rings (SSSR count). The van der Waals surface area contributed by atoms with Gasteiger partial charge in [-0.3, -0.25) is 9.59 Å². The van der Waals surface area contributed by atoms with Gasteiger partial charge in [-0.2, -0.15) is 0 Å². The van der Waals surface area contributed by atoms with E-state index in [9.17, 15) is 19.8 Å². The first-order valence-electron chi connectivity index (χ1n) is 9.83. The lowest BCUT2D eigenvalue weighted by atomic mass is 9.79. The number of hydrogen-bond donors (Lipinski definition) is 4. The van der Waals surface area contributed by atoms with Gasteiger partial charge in [0, 0.05) is 18.0 Å². The van der Waals surface area contributed by atoms with Gasteiger partial charge < -0.3 is 20.5 Å². The number of anilines is 1. The van der Waals surface area contributed by atoms with Gasteiger partial charge in [0.05, 0.1) is 10.9 Å². The van der Waals surface area contributed by atoms with Gasteiger partial charge >= 0.3 is 0 Å². The summed E-state index contributed by atoms with van der Waals surface area (Å²) in [5, 5.41) is 23.5. The maximum absolute atomic E-state index is 13.0. The smallest absolute Gasteiger partial charge is 0.261 e. The molecule has 0 aliphatic carbocycles. The van der Waals surface area contributed by atoms with E-state index in [1.54, 1.807) is 12.1 Å². The van der Waals surface area contributed by atoms with Crippen LogP contribution >= 0.6 is 0 Å². The van der Waals surface area contributed by atoms with E-state index in [0.29, 0.717) is 11.2 Å². The standard InChI is InChI=1S/C24H28N2O4/c1-23(2,3)14-10-15(24(4,5)6)19(28)11-17(14)26-22(30)13-12-25-16-8-7-9-18(27)20(16)21(13)29/h7-12,27-28H,1-6H3,(H,25,29)(H,26,30). The molecule has 0 unspecified atom stereocenters. The molecule has 0 fully saturated rings. The number of aromatic hydroxyl groups is 2. The van der Waals surface area contributed by atoms with E-state index in [4.69, 9.17) is 0 Å². The Morgan fingerprint density at radius 3 is 2.17 bits per heavy atom. The highest BCUT2D eigenvalue weighted by Crippen LogP contribution is 2.39. The van der Waals surface area contributed by atoms with Crippen LogP contribution in [0.3, 0.4) is 0 Å². The molecular weight excluding hydrogens is 380 g/mol. The first-order valence-corrected chi connectivity index (χ1v) is 9.83. The second kappa shape index (κ2) is 7.20. The molecule has 1 amide bonds. The minimum Gasteiger partial charge on any atom is -0.508 e. The van der Waals surface area contributed by atoms with Crippen molar-refractivity contribution < 1.29 is 15.0 Å². The molecule has 6 heteroatoms. The highest BCUT2D eigenvalue weighted by atomic mass is 16.3. The van der Waals surface area contributed by atoms with Crippen molar-refractivity contribution in [3.05, 3.63) is 63.4 Å². The zero-order valence-corrected chi connectivity index (χ0v) is 18.2. The summed E-state index contributed by atoms with van der Waals surface area (Å²) in [5.41, 5.74) is 1.23. The van der Waals surface area contributed by atoms with Crippen LogP contribution < -0.4 is 10.7 Å². The molecular formula is C24H28N2O4. The Balaban J connectivity index is 2.11. The summed E-state index contributed by atoms with van der Waals surface area (Å²) in [7, 11) is 0. The molecule has 0 bridgehead atoms. The van der Waals surface area contributed by atoms with Crippen LogP contribution in [0.5, 0.6) is 11.5 Å². The maximum Gasteiger partial charge on any atom is 0.261 e. The monoisotopic (exact) mass is 408 g/mol. The van der Waals surface area contributed by atoms with Crippen molar-refractivity contribution in [1.82, 2.24) is 4.98 Å². The predicted molar refractivity (Wildman–Crippen MR) is 120 cm³/mol. The fourth-order valence-electron chi connectivity index (χ4n) is 3.52. The zero-order chi connectivity index (χ0) is 22.4. The summed E-state index contributed by atoms with van der Waals surface area (Å²) in [6.45, 7) is 12.1. The Kier molecular flexibility index (Phi) is 5.14. The fraction of sp³-hybridized carbons (Fsp3) is 0.333. The Hall–Kier alpha value is -3.28. The molecule has 2 aromatic carbocycles. The normalized spacial score (nSPS) is 12.2. The number of rotatable bonds is 2. The number of fused-ring (bicyclic) bond motifs is 1. The minimum absolute atomic E-state index is 0.0622. The van der Waals surface area contributed by atoms with Gasteiger partial charge in [0.15, 0.2) is 0 Å². The number of carbonyl (C=O) groups is 1. The third-order valence-electron chi connectivity index (χ3n) is 5.13. The van der Waals surface area contributed by atoms with Crippen molar-refractivity contribution in [1.29, 1.82) is 0 Å². The topological polar surface area (TPSA) is 102 Å². The average molecular weight is 408 g/mol. The van der Waals surface area contributed by atoms with E-state index < -0.39 is 11.3 Å². The molecule has 0 saturated heterocycles.